The predicted octanol–water partition coefficient (Wildman–Crippen LogP) is 4.35. The Hall–Kier alpha value is -3.45. The van der Waals surface area contributed by atoms with E-state index in [0.29, 0.717) is 26.7 Å². The monoisotopic (exact) mass is 394 g/mol. The third-order valence-corrected chi connectivity index (χ3v) is 5.06. The van der Waals surface area contributed by atoms with E-state index in [4.69, 9.17) is 0 Å². The topological polar surface area (TPSA) is 84.5 Å². The molecule has 0 radical (unpaired) electrons. The van der Waals surface area contributed by atoms with E-state index in [0.717, 1.165) is 16.9 Å². The number of amides is 2. The van der Waals surface area contributed by atoms with Crippen molar-refractivity contribution in [3.05, 3.63) is 81.5 Å². The van der Waals surface area contributed by atoms with Crippen molar-refractivity contribution in [3.63, 3.8) is 0 Å². The second-order valence-electron chi connectivity index (χ2n) is 5.96. The summed E-state index contributed by atoms with van der Waals surface area (Å²) in [6, 6.07) is 17.3. The van der Waals surface area contributed by atoms with E-state index in [9.17, 15) is 14.4 Å². The number of methoxy groups -OCH3 is 1. The Morgan fingerprint density at radius 1 is 0.857 bits per heavy atom. The molecule has 0 aliphatic heterocycles. The Bertz CT molecular complexity index is 1030. The van der Waals surface area contributed by atoms with Crippen LogP contribution in [0.25, 0.3) is 0 Å². The Labute approximate surface area is 166 Å². The van der Waals surface area contributed by atoms with Gasteiger partial charge in [-0.3, -0.25) is 9.59 Å². The summed E-state index contributed by atoms with van der Waals surface area (Å²) in [5.74, 6) is -1.12. The maximum atomic E-state index is 12.5. The van der Waals surface area contributed by atoms with Gasteiger partial charge in [0.15, 0.2) is 0 Å². The van der Waals surface area contributed by atoms with Gasteiger partial charge >= 0.3 is 5.97 Å². The fourth-order valence-corrected chi connectivity index (χ4v) is 3.30. The molecule has 0 atom stereocenters. The van der Waals surface area contributed by atoms with Crippen LogP contribution in [0.4, 0.5) is 11.4 Å². The zero-order chi connectivity index (χ0) is 20.1. The number of hydrogen-bond acceptors (Lipinski definition) is 5. The van der Waals surface area contributed by atoms with Crippen LogP contribution in [-0.2, 0) is 4.74 Å². The number of anilines is 2. The van der Waals surface area contributed by atoms with Crippen molar-refractivity contribution in [1.29, 1.82) is 0 Å². The molecule has 3 rings (SSSR count). The molecule has 0 aliphatic carbocycles. The van der Waals surface area contributed by atoms with Gasteiger partial charge in [-0.25, -0.2) is 4.79 Å². The number of carbonyl (C=O) groups excluding carboxylic acids is 3. The minimum atomic E-state index is -0.486. The lowest BCUT2D eigenvalue weighted by Crippen LogP contribution is -2.15. The highest BCUT2D eigenvalue weighted by atomic mass is 32.1. The zero-order valence-electron chi connectivity index (χ0n) is 15.3. The number of benzene rings is 2. The number of hydrogen-bond donors (Lipinski definition) is 2. The van der Waals surface area contributed by atoms with Gasteiger partial charge in [-0.1, -0.05) is 24.3 Å². The lowest BCUT2D eigenvalue weighted by atomic mass is 10.1. The number of aryl methyl sites for hydroxylation is 1. The second-order valence-corrected chi connectivity index (χ2v) is 7.04. The maximum Gasteiger partial charge on any atom is 0.348 e. The van der Waals surface area contributed by atoms with Crippen molar-refractivity contribution in [2.75, 3.05) is 17.7 Å². The first kappa shape index (κ1) is 19.3. The molecule has 2 amide bonds. The van der Waals surface area contributed by atoms with Gasteiger partial charge in [0.05, 0.1) is 12.0 Å². The van der Waals surface area contributed by atoms with Gasteiger partial charge in [-0.2, -0.15) is 0 Å². The highest BCUT2D eigenvalue weighted by Gasteiger charge is 2.16. The Morgan fingerprint density at radius 3 is 2.29 bits per heavy atom. The highest BCUT2D eigenvalue weighted by molar-refractivity contribution is 7.16. The van der Waals surface area contributed by atoms with Crippen LogP contribution >= 0.6 is 11.3 Å². The third-order valence-electron chi connectivity index (χ3n) is 4.00. The molecule has 1 heterocycles. The van der Waals surface area contributed by atoms with E-state index in [-0.39, 0.29) is 11.8 Å². The summed E-state index contributed by atoms with van der Waals surface area (Å²) in [6.07, 6.45) is 0. The summed E-state index contributed by atoms with van der Waals surface area (Å²) >= 11 is 1.05. The van der Waals surface area contributed by atoms with Gasteiger partial charge in [0.2, 0.25) is 0 Å². The van der Waals surface area contributed by atoms with Crippen LogP contribution in [0.2, 0.25) is 0 Å². The number of carbonyl (C=O) groups is 3. The van der Waals surface area contributed by atoms with Crippen LogP contribution in [0.15, 0.2) is 60.7 Å². The summed E-state index contributed by atoms with van der Waals surface area (Å²) < 4.78 is 4.65. The summed E-state index contributed by atoms with van der Waals surface area (Å²) in [6.45, 7) is 1.84. The molecular weight excluding hydrogens is 376 g/mol. The van der Waals surface area contributed by atoms with Crippen molar-refractivity contribution in [2.24, 2.45) is 0 Å². The molecule has 0 spiro atoms. The molecule has 0 aliphatic rings. The zero-order valence-corrected chi connectivity index (χ0v) is 16.1. The van der Waals surface area contributed by atoms with Crippen molar-refractivity contribution in [3.8, 4) is 0 Å². The molecule has 0 fully saturated rings. The molecule has 0 bridgehead atoms. The predicted molar refractivity (Wildman–Crippen MR) is 109 cm³/mol. The smallest absolute Gasteiger partial charge is 0.348 e. The standard InChI is InChI=1S/C21H18N2O4S/c1-13-8-9-14(19(24)22-15-6-4-3-5-7-15)12-16(13)23-20(25)17-10-11-18(28-17)21(26)27-2/h3-12H,1-2H3,(H,22,24)(H,23,25). The van der Waals surface area contributed by atoms with Gasteiger partial charge in [0.25, 0.3) is 11.8 Å². The molecule has 2 N–H and O–H groups in total. The molecule has 0 saturated carbocycles. The van der Waals surface area contributed by atoms with Crippen LogP contribution in [0.5, 0.6) is 0 Å². The fourth-order valence-electron chi connectivity index (χ4n) is 2.48. The molecule has 0 unspecified atom stereocenters. The van der Waals surface area contributed by atoms with Crippen LogP contribution in [-0.4, -0.2) is 24.9 Å². The minimum absolute atomic E-state index is 0.272. The summed E-state index contributed by atoms with van der Waals surface area (Å²) in [4.78, 5) is 37.2. The van der Waals surface area contributed by atoms with E-state index < -0.39 is 5.97 Å². The number of rotatable bonds is 5. The van der Waals surface area contributed by atoms with E-state index in [2.05, 4.69) is 15.4 Å². The SMILES string of the molecule is COC(=O)c1ccc(C(=O)Nc2cc(C(=O)Nc3ccccc3)ccc2C)s1. The number of esters is 1. The second kappa shape index (κ2) is 8.49. The first-order valence-electron chi connectivity index (χ1n) is 8.44. The molecule has 0 saturated heterocycles. The third kappa shape index (κ3) is 4.44. The van der Waals surface area contributed by atoms with Crippen molar-refractivity contribution in [1.82, 2.24) is 0 Å². The van der Waals surface area contributed by atoms with Crippen LogP contribution in [0, 0.1) is 6.92 Å². The van der Waals surface area contributed by atoms with Crippen LogP contribution in [0.1, 0.15) is 35.3 Å². The lowest BCUT2D eigenvalue weighted by Gasteiger charge is -2.10. The number of nitrogens with one attached hydrogen (secondary N) is 2. The fraction of sp³-hybridized carbons (Fsp3) is 0.0952. The summed E-state index contributed by atoms with van der Waals surface area (Å²) in [5, 5.41) is 5.61. The highest BCUT2D eigenvalue weighted by Crippen LogP contribution is 2.22. The van der Waals surface area contributed by atoms with Crippen molar-refractivity contribution < 1.29 is 19.1 Å². The Morgan fingerprint density at radius 2 is 1.57 bits per heavy atom. The molecule has 28 heavy (non-hydrogen) atoms. The van der Waals surface area contributed by atoms with Crippen molar-refractivity contribution in [2.45, 2.75) is 6.92 Å². The molecular formula is C21H18N2O4S. The van der Waals surface area contributed by atoms with Crippen LogP contribution < -0.4 is 10.6 Å². The first-order chi connectivity index (χ1) is 13.5. The van der Waals surface area contributed by atoms with Gasteiger partial charge in [-0.15, -0.1) is 11.3 Å². The number of ether oxygens (including phenoxy) is 1. The van der Waals surface area contributed by atoms with E-state index in [1.165, 1.54) is 7.11 Å². The lowest BCUT2D eigenvalue weighted by molar-refractivity contribution is 0.0606. The molecule has 6 nitrogen and oxygen atoms in total. The molecule has 2 aromatic carbocycles. The van der Waals surface area contributed by atoms with Crippen molar-refractivity contribution >= 4 is 40.5 Å². The van der Waals surface area contributed by atoms with E-state index in [1.54, 1.807) is 42.5 Å². The van der Waals surface area contributed by atoms with Gasteiger partial charge in [0.1, 0.15) is 4.88 Å². The van der Waals surface area contributed by atoms with E-state index >= 15 is 0 Å². The number of thiophene rings is 1. The quantitative estimate of drug-likeness (QED) is 0.630. The van der Waals surface area contributed by atoms with Crippen LogP contribution in [0.3, 0.4) is 0 Å². The average Bonchev–Trinajstić information content (AvgIpc) is 3.20. The number of para-hydroxylation sites is 1. The Balaban J connectivity index is 1.76. The average molecular weight is 394 g/mol. The van der Waals surface area contributed by atoms with E-state index in [1.807, 2.05) is 25.1 Å². The Kier molecular flexibility index (Phi) is 5.86. The molecule has 1 aromatic heterocycles. The van der Waals surface area contributed by atoms with Gasteiger partial charge < -0.3 is 15.4 Å². The first-order valence-corrected chi connectivity index (χ1v) is 9.26. The van der Waals surface area contributed by atoms with Gasteiger partial charge in [-0.05, 0) is 48.9 Å². The maximum absolute atomic E-state index is 12.5. The molecule has 142 valence electrons. The molecule has 7 heteroatoms. The minimum Gasteiger partial charge on any atom is -0.465 e. The summed E-state index contributed by atoms with van der Waals surface area (Å²) in [7, 11) is 1.29. The normalized spacial score (nSPS) is 10.2. The molecule has 3 aromatic rings. The van der Waals surface area contributed by atoms with Gasteiger partial charge in [0, 0.05) is 16.9 Å². The largest absolute Gasteiger partial charge is 0.465 e. The summed E-state index contributed by atoms with van der Waals surface area (Å²) in [5.41, 5.74) is 2.45.